The van der Waals surface area contributed by atoms with Crippen molar-refractivity contribution in [3.63, 3.8) is 0 Å². The number of amides is 1. The molecule has 1 atom stereocenters. The standard InChI is InChI=1S/C21H21N3O5S/c1-27-15(28-2)11-24-19(12-6-8-13(9-7-12)21(26)29-3)16-17(14-5-4-10-30-14)22-23-18(16)20(24)25/h4-10,15,19H,11H2,1-3H3,(H,22,23). The summed E-state index contributed by atoms with van der Waals surface area (Å²) in [6.45, 7) is 0.232. The molecule has 0 fully saturated rings. The van der Waals surface area contributed by atoms with Crippen molar-refractivity contribution in [3.8, 4) is 10.6 Å². The Morgan fingerprint density at radius 2 is 1.93 bits per heavy atom. The van der Waals surface area contributed by atoms with E-state index in [1.807, 2.05) is 29.6 Å². The lowest BCUT2D eigenvalue weighted by Gasteiger charge is -2.29. The minimum absolute atomic E-state index is 0.204. The third kappa shape index (κ3) is 3.41. The largest absolute Gasteiger partial charge is 0.465 e. The second-order valence-corrected chi connectivity index (χ2v) is 7.66. The summed E-state index contributed by atoms with van der Waals surface area (Å²) >= 11 is 1.57. The Balaban J connectivity index is 1.80. The Morgan fingerprint density at radius 3 is 2.53 bits per heavy atom. The lowest BCUT2D eigenvalue weighted by Crippen LogP contribution is -2.38. The fourth-order valence-electron chi connectivity index (χ4n) is 3.66. The number of carbonyl (C=O) groups is 2. The minimum Gasteiger partial charge on any atom is -0.465 e. The summed E-state index contributed by atoms with van der Waals surface area (Å²) in [4.78, 5) is 27.7. The molecule has 2 aromatic heterocycles. The fraction of sp³-hybridized carbons (Fsp3) is 0.286. The van der Waals surface area contributed by atoms with Crippen molar-refractivity contribution >= 4 is 23.2 Å². The molecular formula is C21H21N3O5S. The number of nitrogens with zero attached hydrogens (tertiary/aromatic N) is 2. The number of aromatic amines is 1. The topological polar surface area (TPSA) is 93.8 Å². The van der Waals surface area contributed by atoms with E-state index in [9.17, 15) is 9.59 Å². The number of aromatic nitrogens is 2. The van der Waals surface area contributed by atoms with Crippen LogP contribution in [0.25, 0.3) is 10.6 Å². The van der Waals surface area contributed by atoms with Crippen LogP contribution in [0.2, 0.25) is 0 Å². The van der Waals surface area contributed by atoms with Crippen LogP contribution >= 0.6 is 11.3 Å². The quantitative estimate of drug-likeness (QED) is 0.460. The van der Waals surface area contributed by atoms with Gasteiger partial charge in [0.05, 0.1) is 35.8 Å². The normalized spacial score (nSPS) is 15.7. The molecule has 3 heterocycles. The van der Waals surface area contributed by atoms with Crippen LogP contribution in [-0.2, 0) is 14.2 Å². The highest BCUT2D eigenvalue weighted by Crippen LogP contribution is 2.43. The molecule has 0 bridgehead atoms. The number of fused-ring (bicyclic) bond motifs is 1. The maximum absolute atomic E-state index is 13.2. The van der Waals surface area contributed by atoms with Gasteiger partial charge in [-0.1, -0.05) is 18.2 Å². The van der Waals surface area contributed by atoms with Gasteiger partial charge in [-0.05, 0) is 29.1 Å². The SMILES string of the molecule is COC(=O)c1ccc(C2c3c(n[nH]c3-c3cccs3)C(=O)N2CC(OC)OC)cc1. The van der Waals surface area contributed by atoms with Crippen molar-refractivity contribution in [1.29, 1.82) is 0 Å². The molecule has 1 amide bonds. The van der Waals surface area contributed by atoms with Gasteiger partial charge in [-0.3, -0.25) is 9.89 Å². The van der Waals surface area contributed by atoms with Crippen molar-refractivity contribution in [2.24, 2.45) is 0 Å². The second kappa shape index (κ2) is 8.39. The smallest absolute Gasteiger partial charge is 0.337 e. The number of methoxy groups -OCH3 is 3. The summed E-state index contributed by atoms with van der Waals surface area (Å²) in [6.07, 6.45) is -0.580. The number of nitrogens with one attached hydrogen (secondary N) is 1. The summed E-state index contributed by atoms with van der Waals surface area (Å²) in [5.41, 5.74) is 3.28. The molecular weight excluding hydrogens is 406 g/mol. The number of hydrogen-bond donors (Lipinski definition) is 1. The number of carbonyl (C=O) groups excluding carboxylic acids is 2. The van der Waals surface area contributed by atoms with Gasteiger partial charge >= 0.3 is 5.97 Å². The van der Waals surface area contributed by atoms with Gasteiger partial charge in [-0.2, -0.15) is 5.10 Å². The average Bonchev–Trinajstić information content (AvgIpc) is 3.50. The van der Waals surface area contributed by atoms with E-state index >= 15 is 0 Å². The number of ether oxygens (including phenoxy) is 3. The number of hydrogen-bond acceptors (Lipinski definition) is 7. The molecule has 30 heavy (non-hydrogen) atoms. The first-order chi connectivity index (χ1) is 14.6. The van der Waals surface area contributed by atoms with Gasteiger partial charge in [0, 0.05) is 19.8 Å². The van der Waals surface area contributed by atoms with E-state index in [0.717, 1.165) is 21.7 Å². The molecule has 1 unspecified atom stereocenters. The number of H-pyrrole nitrogens is 1. The van der Waals surface area contributed by atoms with Gasteiger partial charge < -0.3 is 19.1 Å². The van der Waals surface area contributed by atoms with Crippen molar-refractivity contribution in [3.05, 3.63) is 64.2 Å². The number of esters is 1. The van der Waals surface area contributed by atoms with Gasteiger partial charge in [0.2, 0.25) is 0 Å². The van der Waals surface area contributed by atoms with Crippen LogP contribution in [0.15, 0.2) is 41.8 Å². The van der Waals surface area contributed by atoms with Crippen LogP contribution in [0.4, 0.5) is 0 Å². The Kier molecular flexibility index (Phi) is 5.67. The average molecular weight is 427 g/mol. The summed E-state index contributed by atoms with van der Waals surface area (Å²) < 4.78 is 15.5. The van der Waals surface area contributed by atoms with E-state index in [1.165, 1.54) is 21.3 Å². The molecule has 1 aromatic carbocycles. The molecule has 0 saturated carbocycles. The summed E-state index contributed by atoms with van der Waals surface area (Å²) in [5, 5.41) is 9.31. The van der Waals surface area contributed by atoms with Crippen molar-refractivity contribution in [2.75, 3.05) is 27.9 Å². The number of benzene rings is 1. The van der Waals surface area contributed by atoms with E-state index in [0.29, 0.717) is 11.3 Å². The summed E-state index contributed by atoms with van der Waals surface area (Å²) in [7, 11) is 4.41. The molecule has 1 N–H and O–H groups in total. The zero-order valence-corrected chi connectivity index (χ0v) is 17.6. The van der Waals surface area contributed by atoms with E-state index in [2.05, 4.69) is 10.2 Å². The van der Waals surface area contributed by atoms with Crippen LogP contribution in [0.5, 0.6) is 0 Å². The van der Waals surface area contributed by atoms with Gasteiger partial charge in [0.1, 0.15) is 0 Å². The van der Waals surface area contributed by atoms with Crippen LogP contribution in [-0.4, -0.2) is 61.1 Å². The van der Waals surface area contributed by atoms with Gasteiger partial charge in [0.25, 0.3) is 5.91 Å². The number of thiophene rings is 1. The predicted molar refractivity (Wildman–Crippen MR) is 110 cm³/mol. The van der Waals surface area contributed by atoms with Crippen molar-refractivity contribution < 1.29 is 23.8 Å². The molecule has 1 aliphatic heterocycles. The third-order valence-corrected chi connectivity index (χ3v) is 6.03. The monoisotopic (exact) mass is 427 g/mol. The van der Waals surface area contributed by atoms with E-state index in [-0.39, 0.29) is 12.5 Å². The highest BCUT2D eigenvalue weighted by Gasteiger charge is 2.43. The summed E-state index contributed by atoms with van der Waals surface area (Å²) in [5.74, 6) is -0.617. The first-order valence-electron chi connectivity index (χ1n) is 9.26. The molecule has 0 spiro atoms. The third-order valence-electron chi connectivity index (χ3n) is 5.14. The van der Waals surface area contributed by atoms with E-state index < -0.39 is 18.3 Å². The van der Waals surface area contributed by atoms with Crippen molar-refractivity contribution in [2.45, 2.75) is 12.3 Å². The van der Waals surface area contributed by atoms with Crippen LogP contribution in [0, 0.1) is 0 Å². The molecule has 3 aromatic rings. The Morgan fingerprint density at radius 1 is 1.20 bits per heavy atom. The first-order valence-corrected chi connectivity index (χ1v) is 10.1. The van der Waals surface area contributed by atoms with Gasteiger partial charge in [-0.25, -0.2) is 4.79 Å². The highest BCUT2D eigenvalue weighted by atomic mass is 32.1. The maximum Gasteiger partial charge on any atom is 0.337 e. The van der Waals surface area contributed by atoms with Crippen molar-refractivity contribution in [1.82, 2.24) is 15.1 Å². The fourth-order valence-corrected chi connectivity index (χ4v) is 4.39. The lowest BCUT2D eigenvalue weighted by molar-refractivity contribution is -0.113. The van der Waals surface area contributed by atoms with Gasteiger partial charge in [-0.15, -0.1) is 11.3 Å². The minimum atomic E-state index is -0.580. The molecule has 0 radical (unpaired) electrons. The maximum atomic E-state index is 13.2. The van der Waals surface area contributed by atoms with Crippen LogP contribution in [0.3, 0.4) is 0 Å². The molecule has 8 nitrogen and oxygen atoms in total. The first kappa shape index (κ1) is 20.3. The molecule has 4 rings (SSSR count). The molecule has 1 aliphatic rings. The Hall–Kier alpha value is -3.01. The molecule has 0 aliphatic carbocycles. The molecule has 9 heteroatoms. The second-order valence-electron chi connectivity index (χ2n) is 6.71. The Bertz CT molecular complexity index is 1040. The lowest BCUT2D eigenvalue weighted by atomic mass is 9.97. The highest BCUT2D eigenvalue weighted by molar-refractivity contribution is 7.13. The van der Waals surface area contributed by atoms with E-state index in [1.54, 1.807) is 28.4 Å². The van der Waals surface area contributed by atoms with Crippen LogP contribution < -0.4 is 0 Å². The predicted octanol–water partition coefficient (Wildman–Crippen LogP) is 3.09. The zero-order valence-electron chi connectivity index (χ0n) is 16.7. The molecule has 0 saturated heterocycles. The molecule has 156 valence electrons. The van der Waals surface area contributed by atoms with Gasteiger partial charge in [0.15, 0.2) is 12.0 Å². The zero-order chi connectivity index (χ0) is 21.3. The Labute approximate surface area is 177 Å². The summed E-state index contributed by atoms with van der Waals surface area (Å²) in [6, 6.07) is 10.6. The number of rotatable bonds is 7. The van der Waals surface area contributed by atoms with Crippen LogP contribution in [0.1, 0.15) is 38.0 Å². The van der Waals surface area contributed by atoms with E-state index in [4.69, 9.17) is 14.2 Å².